The largest absolute Gasteiger partial charge is 0.341 e. The summed E-state index contributed by atoms with van der Waals surface area (Å²) in [6, 6.07) is 1.24. The molecule has 0 saturated carbocycles. The van der Waals surface area contributed by atoms with Crippen LogP contribution in [0.15, 0.2) is 0 Å². The van der Waals surface area contributed by atoms with Crippen molar-refractivity contribution in [2.24, 2.45) is 0 Å². The Morgan fingerprint density at radius 3 is 2.83 bits per heavy atom. The van der Waals surface area contributed by atoms with Crippen LogP contribution in [0.25, 0.3) is 0 Å². The zero-order chi connectivity index (χ0) is 12.1. The molecule has 0 aromatic rings. The summed E-state index contributed by atoms with van der Waals surface area (Å²) in [6.07, 6.45) is 8.80. The standard InChI is InChI=1S/C13H24N2OS.ClH/c1-17-9-3-2-4-13(16)15-8-7-11-5-6-12(10-15)14-11;/h11-12,14H,2-10H2,1H3;1H. The van der Waals surface area contributed by atoms with Crippen molar-refractivity contribution < 1.29 is 4.79 Å². The van der Waals surface area contributed by atoms with Gasteiger partial charge in [-0.05, 0) is 44.1 Å². The number of carbonyl (C=O) groups is 1. The molecule has 2 rings (SSSR count). The molecule has 2 saturated heterocycles. The summed E-state index contributed by atoms with van der Waals surface area (Å²) in [6.45, 7) is 1.91. The lowest BCUT2D eigenvalue weighted by atomic mass is 10.1. The summed E-state index contributed by atoms with van der Waals surface area (Å²) < 4.78 is 0. The van der Waals surface area contributed by atoms with Gasteiger partial charge in [0.2, 0.25) is 5.91 Å². The number of nitrogens with one attached hydrogen (secondary N) is 1. The Balaban J connectivity index is 0.00000162. The van der Waals surface area contributed by atoms with Gasteiger partial charge in [-0.2, -0.15) is 11.8 Å². The summed E-state index contributed by atoms with van der Waals surface area (Å²) in [5.74, 6) is 1.56. The van der Waals surface area contributed by atoms with E-state index in [9.17, 15) is 4.79 Å². The van der Waals surface area contributed by atoms with Gasteiger partial charge in [-0.1, -0.05) is 0 Å². The lowest BCUT2D eigenvalue weighted by molar-refractivity contribution is -0.131. The van der Waals surface area contributed by atoms with Gasteiger partial charge in [0.05, 0.1) is 0 Å². The van der Waals surface area contributed by atoms with E-state index in [1.54, 1.807) is 0 Å². The lowest BCUT2D eigenvalue weighted by Gasteiger charge is -2.24. The van der Waals surface area contributed by atoms with Crippen LogP contribution in [0.3, 0.4) is 0 Å². The normalized spacial score (nSPS) is 26.6. The van der Waals surface area contributed by atoms with E-state index in [1.807, 2.05) is 11.8 Å². The van der Waals surface area contributed by atoms with Crippen LogP contribution < -0.4 is 5.32 Å². The first-order valence-corrected chi connectivity index (χ1v) is 8.21. The molecule has 2 heterocycles. The molecule has 106 valence electrons. The predicted octanol–water partition coefficient (Wildman–Crippen LogP) is 2.29. The fourth-order valence-electron chi connectivity index (χ4n) is 2.85. The molecule has 0 aromatic carbocycles. The fourth-order valence-corrected chi connectivity index (χ4v) is 3.34. The van der Waals surface area contributed by atoms with Gasteiger partial charge in [0, 0.05) is 31.6 Å². The Bertz CT molecular complexity index is 265. The van der Waals surface area contributed by atoms with E-state index in [0.717, 1.165) is 32.4 Å². The van der Waals surface area contributed by atoms with Crippen molar-refractivity contribution in [2.45, 2.75) is 50.6 Å². The van der Waals surface area contributed by atoms with Gasteiger partial charge in [-0.3, -0.25) is 4.79 Å². The molecule has 3 nitrogen and oxygen atoms in total. The zero-order valence-corrected chi connectivity index (χ0v) is 12.8. The maximum atomic E-state index is 12.1. The average Bonchev–Trinajstić information content (AvgIpc) is 2.64. The molecular weight excluding hydrogens is 268 g/mol. The summed E-state index contributed by atoms with van der Waals surface area (Å²) in [7, 11) is 0. The third kappa shape index (κ3) is 4.63. The summed E-state index contributed by atoms with van der Waals surface area (Å²) >= 11 is 1.87. The van der Waals surface area contributed by atoms with E-state index < -0.39 is 0 Å². The van der Waals surface area contributed by atoms with E-state index in [-0.39, 0.29) is 12.4 Å². The molecule has 2 bridgehead atoms. The van der Waals surface area contributed by atoms with Gasteiger partial charge in [0.15, 0.2) is 0 Å². The molecule has 2 atom stereocenters. The number of carbonyl (C=O) groups excluding carboxylic acids is 1. The number of unbranched alkanes of at least 4 members (excludes halogenated alkanes) is 1. The highest BCUT2D eigenvalue weighted by molar-refractivity contribution is 7.98. The Morgan fingerprint density at radius 2 is 2.06 bits per heavy atom. The van der Waals surface area contributed by atoms with Gasteiger partial charge in [0.25, 0.3) is 0 Å². The van der Waals surface area contributed by atoms with E-state index in [0.29, 0.717) is 18.0 Å². The number of rotatable bonds is 5. The number of thioether (sulfide) groups is 1. The Hall–Kier alpha value is 0.0700. The minimum absolute atomic E-state index is 0. The zero-order valence-electron chi connectivity index (χ0n) is 11.2. The Kier molecular flexibility index (Phi) is 7.42. The van der Waals surface area contributed by atoms with Gasteiger partial charge >= 0.3 is 0 Å². The molecule has 0 radical (unpaired) electrons. The number of likely N-dealkylation sites (tertiary alicyclic amines) is 1. The van der Waals surface area contributed by atoms with E-state index in [2.05, 4.69) is 16.5 Å². The molecule has 18 heavy (non-hydrogen) atoms. The molecule has 0 aromatic heterocycles. The van der Waals surface area contributed by atoms with Gasteiger partial charge in [-0.15, -0.1) is 12.4 Å². The number of fused-ring (bicyclic) bond motifs is 2. The predicted molar refractivity (Wildman–Crippen MR) is 80.6 cm³/mol. The van der Waals surface area contributed by atoms with Crippen molar-refractivity contribution in [1.29, 1.82) is 0 Å². The second-order valence-electron chi connectivity index (χ2n) is 5.22. The first-order chi connectivity index (χ1) is 8.29. The van der Waals surface area contributed by atoms with Crippen molar-refractivity contribution in [1.82, 2.24) is 10.2 Å². The minimum Gasteiger partial charge on any atom is -0.341 e. The van der Waals surface area contributed by atoms with Crippen molar-refractivity contribution in [3.8, 4) is 0 Å². The van der Waals surface area contributed by atoms with Gasteiger partial charge in [-0.25, -0.2) is 0 Å². The highest BCUT2D eigenvalue weighted by Gasteiger charge is 2.30. The number of amides is 1. The van der Waals surface area contributed by atoms with Crippen LogP contribution >= 0.6 is 24.2 Å². The molecule has 2 fully saturated rings. The second-order valence-corrected chi connectivity index (χ2v) is 6.20. The molecule has 2 unspecified atom stereocenters. The number of hydrogen-bond acceptors (Lipinski definition) is 3. The Labute approximate surface area is 121 Å². The maximum Gasteiger partial charge on any atom is 0.222 e. The van der Waals surface area contributed by atoms with Crippen LogP contribution in [0, 0.1) is 0 Å². The van der Waals surface area contributed by atoms with Crippen LogP contribution in [0.5, 0.6) is 0 Å². The van der Waals surface area contributed by atoms with Crippen LogP contribution in [-0.2, 0) is 4.79 Å². The summed E-state index contributed by atoms with van der Waals surface area (Å²) in [5, 5.41) is 3.62. The SMILES string of the molecule is CSCCCCC(=O)N1CCC2CCC(C1)N2.Cl. The first-order valence-electron chi connectivity index (χ1n) is 6.82. The number of halogens is 1. The van der Waals surface area contributed by atoms with E-state index in [4.69, 9.17) is 0 Å². The third-order valence-corrected chi connectivity index (χ3v) is 4.56. The monoisotopic (exact) mass is 292 g/mol. The van der Waals surface area contributed by atoms with Crippen LogP contribution in [0.4, 0.5) is 0 Å². The molecule has 2 aliphatic heterocycles. The minimum atomic E-state index is 0. The fraction of sp³-hybridized carbons (Fsp3) is 0.923. The number of hydrogen-bond donors (Lipinski definition) is 1. The summed E-state index contributed by atoms with van der Waals surface area (Å²) in [4.78, 5) is 14.2. The molecule has 5 heteroatoms. The topological polar surface area (TPSA) is 32.3 Å². The van der Waals surface area contributed by atoms with Crippen molar-refractivity contribution in [3.63, 3.8) is 0 Å². The van der Waals surface area contributed by atoms with Crippen molar-refractivity contribution in [3.05, 3.63) is 0 Å². The van der Waals surface area contributed by atoms with Crippen LogP contribution in [-0.4, -0.2) is 48.0 Å². The van der Waals surface area contributed by atoms with Crippen LogP contribution in [0.1, 0.15) is 38.5 Å². The molecular formula is C13H25ClN2OS. The Morgan fingerprint density at radius 1 is 1.28 bits per heavy atom. The number of nitrogens with zero attached hydrogens (tertiary/aromatic N) is 1. The second kappa shape index (κ2) is 8.28. The van der Waals surface area contributed by atoms with E-state index in [1.165, 1.54) is 25.0 Å². The molecule has 1 N–H and O–H groups in total. The smallest absolute Gasteiger partial charge is 0.222 e. The highest BCUT2D eigenvalue weighted by Crippen LogP contribution is 2.21. The third-order valence-electron chi connectivity index (χ3n) is 3.87. The van der Waals surface area contributed by atoms with Crippen LogP contribution in [0.2, 0.25) is 0 Å². The lowest BCUT2D eigenvalue weighted by Crippen LogP contribution is -2.38. The maximum absolute atomic E-state index is 12.1. The van der Waals surface area contributed by atoms with Crippen molar-refractivity contribution >= 4 is 30.1 Å². The quantitative estimate of drug-likeness (QED) is 0.789. The van der Waals surface area contributed by atoms with Gasteiger partial charge in [0.1, 0.15) is 0 Å². The molecule has 0 aliphatic carbocycles. The summed E-state index contributed by atoms with van der Waals surface area (Å²) in [5.41, 5.74) is 0. The molecule has 2 aliphatic rings. The first kappa shape index (κ1) is 16.1. The van der Waals surface area contributed by atoms with E-state index >= 15 is 0 Å². The molecule has 0 spiro atoms. The highest BCUT2D eigenvalue weighted by atomic mass is 35.5. The molecule has 1 amide bonds. The van der Waals surface area contributed by atoms with Gasteiger partial charge < -0.3 is 10.2 Å². The average molecular weight is 293 g/mol. The van der Waals surface area contributed by atoms with Crippen molar-refractivity contribution in [2.75, 3.05) is 25.1 Å².